The molecule has 2 aromatic rings. The average Bonchev–Trinajstić information content (AvgIpc) is 3.08. The first-order valence-electron chi connectivity index (χ1n) is 8.20. The number of carbonyl (C=O) groups is 1. The highest BCUT2D eigenvalue weighted by molar-refractivity contribution is 6.04. The van der Waals surface area contributed by atoms with Crippen LogP contribution < -0.4 is 19.5 Å². The zero-order chi connectivity index (χ0) is 16.8. The summed E-state index contributed by atoms with van der Waals surface area (Å²) in [5.74, 6) is 1.88. The van der Waals surface area contributed by atoms with Crippen molar-refractivity contribution in [3.63, 3.8) is 0 Å². The molecule has 0 atom stereocenters. The summed E-state index contributed by atoms with van der Waals surface area (Å²) in [5.41, 5.74) is 1.25. The van der Waals surface area contributed by atoms with Crippen molar-refractivity contribution in [1.29, 1.82) is 0 Å². The van der Waals surface area contributed by atoms with Crippen LogP contribution in [0.25, 0.3) is 0 Å². The summed E-state index contributed by atoms with van der Waals surface area (Å²) in [6.07, 6.45) is 3.40. The van der Waals surface area contributed by atoms with E-state index in [1.165, 1.54) is 12.8 Å². The van der Waals surface area contributed by atoms with Gasteiger partial charge in [-0.3, -0.25) is 4.79 Å². The third-order valence-electron chi connectivity index (χ3n) is 3.76. The summed E-state index contributed by atoms with van der Waals surface area (Å²) in [4.78, 5) is 12.3. The number of amides is 1. The van der Waals surface area contributed by atoms with Crippen molar-refractivity contribution in [3.8, 4) is 17.2 Å². The summed E-state index contributed by atoms with van der Waals surface area (Å²) in [6.45, 7) is 3.08. The Morgan fingerprint density at radius 1 is 1.08 bits per heavy atom. The number of anilines is 1. The molecule has 5 heteroatoms. The molecule has 1 amide bonds. The maximum absolute atomic E-state index is 12.3. The van der Waals surface area contributed by atoms with Crippen molar-refractivity contribution in [3.05, 3.63) is 48.0 Å². The monoisotopic (exact) mass is 327 g/mol. The summed E-state index contributed by atoms with van der Waals surface area (Å²) in [5, 5.41) is 2.86. The van der Waals surface area contributed by atoms with Crippen LogP contribution in [0, 0.1) is 0 Å². The summed E-state index contributed by atoms with van der Waals surface area (Å²) in [7, 11) is 0. The van der Waals surface area contributed by atoms with Gasteiger partial charge in [0.15, 0.2) is 11.5 Å². The van der Waals surface area contributed by atoms with Gasteiger partial charge in [-0.05, 0) is 48.9 Å². The second-order valence-corrected chi connectivity index (χ2v) is 5.60. The summed E-state index contributed by atoms with van der Waals surface area (Å²) in [6, 6.07) is 12.5. The number of ether oxygens (including phenoxy) is 3. The van der Waals surface area contributed by atoms with E-state index < -0.39 is 0 Å². The first-order chi connectivity index (χ1) is 11.8. The highest BCUT2D eigenvalue weighted by atomic mass is 16.7. The molecule has 1 aliphatic rings. The number of carbonyl (C=O) groups excluding carboxylic acids is 1. The van der Waals surface area contributed by atoms with Gasteiger partial charge in [0.25, 0.3) is 5.91 Å². The molecule has 1 N–H and O–H groups in total. The molecular formula is C19H21NO4. The first kappa shape index (κ1) is 16.2. The van der Waals surface area contributed by atoms with Gasteiger partial charge in [0.2, 0.25) is 6.79 Å². The molecule has 0 bridgehead atoms. The highest BCUT2D eigenvalue weighted by Crippen LogP contribution is 2.32. The third kappa shape index (κ3) is 3.98. The van der Waals surface area contributed by atoms with Crippen LogP contribution in [0.15, 0.2) is 42.5 Å². The van der Waals surface area contributed by atoms with Gasteiger partial charge in [0, 0.05) is 11.3 Å². The van der Waals surface area contributed by atoms with Crippen molar-refractivity contribution in [2.75, 3.05) is 18.7 Å². The topological polar surface area (TPSA) is 56.8 Å². The average molecular weight is 327 g/mol. The molecule has 1 heterocycles. The Hall–Kier alpha value is -2.69. The lowest BCUT2D eigenvalue weighted by molar-refractivity contribution is 0.102. The molecule has 0 spiro atoms. The number of nitrogens with one attached hydrogen (secondary N) is 1. The Morgan fingerprint density at radius 2 is 1.88 bits per heavy atom. The fourth-order valence-corrected chi connectivity index (χ4v) is 2.42. The SMILES string of the molecule is CCCCCOc1ccc(NC(=O)c2ccc3c(c2)OCO3)cc1. The van der Waals surface area contributed by atoms with E-state index in [-0.39, 0.29) is 12.7 Å². The second-order valence-electron chi connectivity index (χ2n) is 5.60. The Bertz CT molecular complexity index is 697. The fourth-order valence-electron chi connectivity index (χ4n) is 2.42. The Labute approximate surface area is 141 Å². The lowest BCUT2D eigenvalue weighted by atomic mass is 10.2. The number of rotatable bonds is 7. The van der Waals surface area contributed by atoms with Crippen LogP contribution in [0.5, 0.6) is 17.2 Å². The van der Waals surface area contributed by atoms with Gasteiger partial charge in [0.1, 0.15) is 5.75 Å². The minimum Gasteiger partial charge on any atom is -0.494 e. The number of benzene rings is 2. The van der Waals surface area contributed by atoms with E-state index in [1.807, 2.05) is 24.3 Å². The van der Waals surface area contributed by atoms with E-state index in [0.29, 0.717) is 17.1 Å². The Balaban J connectivity index is 1.56. The number of unbranched alkanes of at least 4 members (excludes halogenated alkanes) is 2. The maximum Gasteiger partial charge on any atom is 0.255 e. The second kappa shape index (κ2) is 7.73. The highest BCUT2D eigenvalue weighted by Gasteiger charge is 2.16. The molecule has 1 aliphatic heterocycles. The first-order valence-corrected chi connectivity index (χ1v) is 8.20. The van der Waals surface area contributed by atoms with Gasteiger partial charge in [-0.2, -0.15) is 0 Å². The van der Waals surface area contributed by atoms with Gasteiger partial charge in [-0.25, -0.2) is 0 Å². The van der Waals surface area contributed by atoms with E-state index in [9.17, 15) is 4.79 Å². The van der Waals surface area contributed by atoms with Crippen molar-refractivity contribution in [2.24, 2.45) is 0 Å². The van der Waals surface area contributed by atoms with E-state index in [1.54, 1.807) is 18.2 Å². The summed E-state index contributed by atoms with van der Waals surface area (Å²) < 4.78 is 16.2. The van der Waals surface area contributed by atoms with Crippen molar-refractivity contribution >= 4 is 11.6 Å². The molecule has 2 aromatic carbocycles. The minimum atomic E-state index is -0.190. The molecule has 24 heavy (non-hydrogen) atoms. The van der Waals surface area contributed by atoms with Crippen LogP contribution in [0.3, 0.4) is 0 Å². The van der Waals surface area contributed by atoms with Gasteiger partial charge >= 0.3 is 0 Å². The zero-order valence-electron chi connectivity index (χ0n) is 13.7. The Morgan fingerprint density at radius 3 is 2.67 bits per heavy atom. The van der Waals surface area contributed by atoms with Gasteiger partial charge < -0.3 is 19.5 Å². The molecule has 5 nitrogen and oxygen atoms in total. The normalized spacial score (nSPS) is 12.0. The van der Waals surface area contributed by atoms with E-state index in [2.05, 4.69) is 12.2 Å². The largest absolute Gasteiger partial charge is 0.494 e. The molecule has 126 valence electrons. The minimum absolute atomic E-state index is 0.190. The molecule has 0 aromatic heterocycles. The standard InChI is InChI=1S/C19H21NO4/c1-2-3-4-11-22-16-8-6-15(7-9-16)20-19(21)14-5-10-17-18(12-14)24-13-23-17/h5-10,12H,2-4,11,13H2,1H3,(H,20,21). The van der Waals surface area contributed by atoms with Crippen LogP contribution in [0.4, 0.5) is 5.69 Å². The van der Waals surface area contributed by atoms with Crippen LogP contribution in [0.1, 0.15) is 36.5 Å². The Kier molecular flexibility index (Phi) is 5.21. The van der Waals surface area contributed by atoms with Gasteiger partial charge in [0.05, 0.1) is 6.61 Å². The number of fused-ring (bicyclic) bond motifs is 1. The molecule has 0 fully saturated rings. The maximum atomic E-state index is 12.3. The lowest BCUT2D eigenvalue weighted by Crippen LogP contribution is -2.11. The van der Waals surface area contributed by atoms with Crippen molar-refractivity contribution in [2.45, 2.75) is 26.2 Å². The van der Waals surface area contributed by atoms with E-state index in [4.69, 9.17) is 14.2 Å². The van der Waals surface area contributed by atoms with Crippen LogP contribution in [-0.4, -0.2) is 19.3 Å². The van der Waals surface area contributed by atoms with Gasteiger partial charge in [-0.1, -0.05) is 19.8 Å². The van der Waals surface area contributed by atoms with Crippen molar-refractivity contribution < 1.29 is 19.0 Å². The van der Waals surface area contributed by atoms with Crippen LogP contribution in [-0.2, 0) is 0 Å². The quantitative estimate of drug-likeness (QED) is 0.773. The summed E-state index contributed by atoms with van der Waals surface area (Å²) >= 11 is 0. The number of hydrogen-bond acceptors (Lipinski definition) is 4. The molecular weight excluding hydrogens is 306 g/mol. The molecule has 0 aliphatic carbocycles. The van der Waals surface area contributed by atoms with Gasteiger partial charge in [-0.15, -0.1) is 0 Å². The molecule has 0 saturated carbocycles. The molecule has 3 rings (SSSR count). The van der Waals surface area contributed by atoms with Crippen LogP contribution in [0.2, 0.25) is 0 Å². The third-order valence-corrected chi connectivity index (χ3v) is 3.76. The van der Waals surface area contributed by atoms with Crippen LogP contribution >= 0.6 is 0 Å². The predicted molar refractivity (Wildman–Crippen MR) is 92.0 cm³/mol. The lowest BCUT2D eigenvalue weighted by Gasteiger charge is -2.08. The smallest absolute Gasteiger partial charge is 0.255 e. The molecule has 0 radical (unpaired) electrons. The zero-order valence-corrected chi connectivity index (χ0v) is 13.7. The molecule has 0 saturated heterocycles. The molecule has 0 unspecified atom stereocenters. The predicted octanol–water partition coefficient (Wildman–Crippen LogP) is 4.24. The van der Waals surface area contributed by atoms with E-state index >= 15 is 0 Å². The van der Waals surface area contributed by atoms with Crippen molar-refractivity contribution in [1.82, 2.24) is 0 Å². The fraction of sp³-hybridized carbons (Fsp3) is 0.316. The number of hydrogen-bond donors (Lipinski definition) is 1. The van der Waals surface area contributed by atoms with E-state index in [0.717, 1.165) is 24.5 Å².